The van der Waals surface area contributed by atoms with Crippen molar-refractivity contribution in [3.05, 3.63) is 63.5 Å². The minimum absolute atomic E-state index is 0.0815. The van der Waals surface area contributed by atoms with Crippen LogP contribution in [0.1, 0.15) is 29.2 Å². The van der Waals surface area contributed by atoms with Crippen LogP contribution in [0, 0.1) is 6.92 Å². The van der Waals surface area contributed by atoms with Gasteiger partial charge in [-0.25, -0.2) is 9.78 Å². The second-order valence-corrected chi connectivity index (χ2v) is 7.97. The van der Waals surface area contributed by atoms with Crippen molar-refractivity contribution in [2.24, 2.45) is 0 Å². The van der Waals surface area contributed by atoms with Crippen molar-refractivity contribution in [1.29, 1.82) is 0 Å². The van der Waals surface area contributed by atoms with E-state index in [-0.39, 0.29) is 29.0 Å². The summed E-state index contributed by atoms with van der Waals surface area (Å²) in [6.45, 7) is 5.07. The average molecular weight is 468 g/mol. The summed E-state index contributed by atoms with van der Waals surface area (Å²) in [7, 11) is 0. The Morgan fingerprint density at radius 3 is 2.73 bits per heavy atom. The van der Waals surface area contributed by atoms with Crippen molar-refractivity contribution in [3.8, 4) is 17.3 Å². The van der Waals surface area contributed by atoms with E-state index < -0.39 is 23.4 Å². The average Bonchev–Trinajstić information content (AvgIpc) is 3.45. The summed E-state index contributed by atoms with van der Waals surface area (Å²) in [5, 5.41) is 3.14. The summed E-state index contributed by atoms with van der Waals surface area (Å²) in [6, 6.07) is 10.00. The molecule has 0 aliphatic rings. The number of carbonyl (C=O) groups is 2. The van der Waals surface area contributed by atoms with Crippen LogP contribution in [0.5, 0.6) is 5.75 Å². The van der Waals surface area contributed by atoms with Gasteiger partial charge in [-0.3, -0.25) is 14.9 Å². The normalized spacial score (nSPS) is 11.8. The van der Waals surface area contributed by atoms with Crippen LogP contribution in [-0.4, -0.2) is 29.6 Å². The number of aromatic nitrogens is 1. The van der Waals surface area contributed by atoms with Crippen molar-refractivity contribution < 1.29 is 27.9 Å². The van der Waals surface area contributed by atoms with Gasteiger partial charge in [0.05, 0.1) is 24.0 Å². The van der Waals surface area contributed by atoms with Crippen LogP contribution in [0.25, 0.3) is 22.5 Å². The summed E-state index contributed by atoms with van der Waals surface area (Å²) < 4.78 is 22.0. The standard InChI is InChI=1S/C23H20N2O7S/c1-4-29-22(28)20-12(2)24-23(33-20)25-21(27)13(3)31-19-17(26)14-8-5-6-9-15(14)32-18(19)16-10-7-11-30-16/h5-11,13H,4H2,1-3H3,(H,24,25,27). The van der Waals surface area contributed by atoms with Crippen LogP contribution < -0.4 is 15.5 Å². The number of para-hydroxylation sites is 1. The fourth-order valence-electron chi connectivity index (χ4n) is 3.08. The van der Waals surface area contributed by atoms with Gasteiger partial charge in [-0.15, -0.1) is 0 Å². The lowest BCUT2D eigenvalue weighted by Gasteiger charge is -2.15. The Balaban J connectivity index is 1.61. The highest BCUT2D eigenvalue weighted by molar-refractivity contribution is 7.17. The second-order valence-electron chi connectivity index (χ2n) is 6.97. The van der Waals surface area contributed by atoms with Crippen molar-refractivity contribution in [2.75, 3.05) is 11.9 Å². The summed E-state index contributed by atoms with van der Waals surface area (Å²) in [4.78, 5) is 42.4. The molecule has 0 saturated carbocycles. The summed E-state index contributed by atoms with van der Waals surface area (Å²) >= 11 is 0.997. The lowest BCUT2D eigenvalue weighted by atomic mass is 10.2. The van der Waals surface area contributed by atoms with E-state index >= 15 is 0 Å². The predicted molar refractivity (Wildman–Crippen MR) is 122 cm³/mol. The molecule has 33 heavy (non-hydrogen) atoms. The summed E-state index contributed by atoms with van der Waals surface area (Å²) in [5.41, 5.74) is 0.373. The third kappa shape index (κ3) is 4.51. The van der Waals surface area contributed by atoms with Gasteiger partial charge in [-0.1, -0.05) is 23.5 Å². The molecule has 0 fully saturated rings. The number of anilines is 1. The minimum atomic E-state index is -1.09. The molecule has 170 valence electrons. The third-order valence-corrected chi connectivity index (χ3v) is 5.71. The molecule has 1 atom stereocenters. The Hall–Kier alpha value is -3.92. The van der Waals surface area contributed by atoms with E-state index in [9.17, 15) is 14.4 Å². The van der Waals surface area contributed by atoms with Gasteiger partial charge in [-0.05, 0) is 45.0 Å². The first-order valence-corrected chi connectivity index (χ1v) is 10.9. The number of thiazole rings is 1. The van der Waals surface area contributed by atoms with Crippen LogP contribution >= 0.6 is 11.3 Å². The number of fused-ring (bicyclic) bond motifs is 1. The SMILES string of the molecule is CCOC(=O)c1sc(NC(=O)C(C)Oc2c(-c3ccco3)oc3ccccc3c2=O)nc1C. The number of furan rings is 1. The number of aryl methyl sites for hydroxylation is 1. The quantitative estimate of drug-likeness (QED) is 0.396. The molecule has 3 aromatic heterocycles. The largest absolute Gasteiger partial charge is 0.473 e. The van der Waals surface area contributed by atoms with Gasteiger partial charge < -0.3 is 18.3 Å². The van der Waals surface area contributed by atoms with Gasteiger partial charge in [0.25, 0.3) is 5.91 Å². The molecule has 1 amide bonds. The highest BCUT2D eigenvalue weighted by Gasteiger charge is 2.25. The van der Waals surface area contributed by atoms with Crippen LogP contribution in [0.15, 0.2) is 56.3 Å². The first kappa shape index (κ1) is 22.3. The third-order valence-electron chi connectivity index (χ3n) is 4.65. The Morgan fingerprint density at radius 1 is 1.21 bits per heavy atom. The number of nitrogens with zero attached hydrogens (tertiary/aromatic N) is 1. The molecule has 10 heteroatoms. The molecule has 9 nitrogen and oxygen atoms in total. The maximum Gasteiger partial charge on any atom is 0.350 e. The monoisotopic (exact) mass is 468 g/mol. The fraction of sp³-hybridized carbons (Fsp3) is 0.217. The second kappa shape index (κ2) is 9.29. The number of hydrogen-bond donors (Lipinski definition) is 1. The van der Waals surface area contributed by atoms with E-state index in [0.29, 0.717) is 21.5 Å². The number of esters is 1. The molecule has 0 aliphatic carbocycles. The highest BCUT2D eigenvalue weighted by Crippen LogP contribution is 2.32. The van der Waals surface area contributed by atoms with Crippen LogP contribution in [0.2, 0.25) is 0 Å². The predicted octanol–water partition coefficient (Wildman–Crippen LogP) is 4.40. The van der Waals surface area contributed by atoms with Gasteiger partial charge >= 0.3 is 5.97 Å². The number of rotatable bonds is 7. The molecule has 1 unspecified atom stereocenters. The van der Waals surface area contributed by atoms with Crippen LogP contribution in [-0.2, 0) is 9.53 Å². The maximum absolute atomic E-state index is 13.1. The Bertz CT molecular complexity index is 1370. The Kier molecular flexibility index (Phi) is 6.27. The molecular weight excluding hydrogens is 448 g/mol. The molecule has 0 bridgehead atoms. The zero-order valence-corrected chi connectivity index (χ0v) is 18.9. The van der Waals surface area contributed by atoms with Gasteiger partial charge in [0.15, 0.2) is 17.0 Å². The smallest absolute Gasteiger partial charge is 0.350 e. The highest BCUT2D eigenvalue weighted by atomic mass is 32.1. The van der Waals surface area contributed by atoms with E-state index in [4.69, 9.17) is 18.3 Å². The molecule has 0 aliphatic heterocycles. The van der Waals surface area contributed by atoms with Crippen molar-refractivity contribution in [1.82, 2.24) is 4.98 Å². The molecule has 4 aromatic rings. The first-order valence-electron chi connectivity index (χ1n) is 10.1. The van der Waals surface area contributed by atoms with Crippen molar-refractivity contribution in [2.45, 2.75) is 26.9 Å². The van der Waals surface area contributed by atoms with Crippen molar-refractivity contribution >= 4 is 39.3 Å². The molecule has 0 radical (unpaired) electrons. The zero-order chi connectivity index (χ0) is 23.5. The molecule has 1 N–H and O–H groups in total. The van der Waals surface area contributed by atoms with E-state index in [0.717, 1.165) is 11.3 Å². The van der Waals surface area contributed by atoms with E-state index in [1.807, 2.05) is 0 Å². The van der Waals surface area contributed by atoms with E-state index in [1.165, 1.54) is 13.2 Å². The molecule has 4 rings (SSSR count). The van der Waals surface area contributed by atoms with E-state index in [1.54, 1.807) is 50.2 Å². The van der Waals surface area contributed by atoms with Gasteiger partial charge in [-0.2, -0.15) is 0 Å². The summed E-state index contributed by atoms with van der Waals surface area (Å²) in [6.07, 6.45) is 0.356. The van der Waals surface area contributed by atoms with E-state index in [2.05, 4.69) is 10.3 Å². The Morgan fingerprint density at radius 2 is 2.00 bits per heavy atom. The lowest BCUT2D eigenvalue weighted by Crippen LogP contribution is -2.31. The summed E-state index contributed by atoms with van der Waals surface area (Å²) in [5.74, 6) is -0.840. The zero-order valence-electron chi connectivity index (χ0n) is 18.0. The maximum atomic E-state index is 13.1. The number of ether oxygens (including phenoxy) is 2. The van der Waals surface area contributed by atoms with Crippen molar-refractivity contribution in [3.63, 3.8) is 0 Å². The first-order chi connectivity index (χ1) is 15.9. The number of nitrogens with one attached hydrogen (secondary N) is 1. The number of amides is 1. The number of benzene rings is 1. The molecule has 3 heterocycles. The van der Waals surface area contributed by atoms with Gasteiger partial charge in [0.2, 0.25) is 16.9 Å². The number of carbonyl (C=O) groups excluding carboxylic acids is 2. The molecule has 0 spiro atoms. The fourth-order valence-corrected chi connectivity index (χ4v) is 3.94. The van der Waals surface area contributed by atoms with Crippen LogP contribution in [0.3, 0.4) is 0 Å². The van der Waals surface area contributed by atoms with Crippen LogP contribution in [0.4, 0.5) is 5.13 Å². The lowest BCUT2D eigenvalue weighted by molar-refractivity contribution is -0.122. The van der Waals surface area contributed by atoms with Gasteiger partial charge in [0.1, 0.15) is 10.5 Å². The number of hydrogen-bond acceptors (Lipinski definition) is 9. The molecular formula is C23H20N2O7S. The molecule has 0 saturated heterocycles. The Labute approximate surface area is 192 Å². The topological polar surface area (TPSA) is 121 Å². The minimum Gasteiger partial charge on any atom is -0.473 e. The van der Waals surface area contributed by atoms with Gasteiger partial charge in [0, 0.05) is 0 Å². The molecule has 1 aromatic carbocycles.